The van der Waals surface area contributed by atoms with Crippen LogP contribution in [0.25, 0.3) is 10.8 Å². The summed E-state index contributed by atoms with van der Waals surface area (Å²) in [6.45, 7) is 5.79. The van der Waals surface area contributed by atoms with Gasteiger partial charge in [0.1, 0.15) is 23.4 Å². The molecule has 0 unspecified atom stereocenters. The van der Waals surface area contributed by atoms with Crippen molar-refractivity contribution in [3.05, 3.63) is 168 Å². The monoisotopic (exact) mass is 765 g/mol. The first-order chi connectivity index (χ1) is 27.5. The molecular formula is C47H51N5O5. The van der Waals surface area contributed by atoms with Crippen LogP contribution in [-0.2, 0) is 31.2 Å². The number of nitrogens with zero attached hydrogens (tertiary/aromatic N) is 3. The number of carbonyl (C=O) groups is 3. The van der Waals surface area contributed by atoms with Crippen molar-refractivity contribution in [1.82, 2.24) is 25.2 Å². The van der Waals surface area contributed by atoms with Crippen LogP contribution in [-0.4, -0.2) is 65.7 Å². The van der Waals surface area contributed by atoms with E-state index in [2.05, 4.69) is 51.6 Å². The van der Waals surface area contributed by atoms with Crippen molar-refractivity contribution in [2.45, 2.75) is 57.2 Å². The van der Waals surface area contributed by atoms with E-state index in [1.165, 1.54) is 14.2 Å². The van der Waals surface area contributed by atoms with Crippen LogP contribution in [0.2, 0.25) is 0 Å². The minimum Gasteiger partial charge on any atom is -0.497 e. The maximum Gasteiger partial charge on any atom is 0.268 e. The average Bonchev–Trinajstić information content (AvgIpc) is 3.71. The number of methoxy groups -OCH3 is 1. The molecule has 5 aromatic carbocycles. The largest absolute Gasteiger partial charge is 0.497 e. The van der Waals surface area contributed by atoms with Crippen molar-refractivity contribution in [3.8, 4) is 5.75 Å². The second-order valence-electron chi connectivity index (χ2n) is 14.7. The summed E-state index contributed by atoms with van der Waals surface area (Å²) in [7, 11) is 4.52. The van der Waals surface area contributed by atoms with Gasteiger partial charge in [0.15, 0.2) is 0 Å². The topological polar surface area (TPSA) is 115 Å². The van der Waals surface area contributed by atoms with Crippen molar-refractivity contribution in [2.24, 2.45) is 5.92 Å². The molecule has 294 valence electrons. The van der Waals surface area contributed by atoms with Gasteiger partial charge in [0.05, 0.1) is 32.2 Å². The molecule has 0 radical (unpaired) electrons. The molecule has 0 saturated heterocycles. The highest BCUT2D eigenvalue weighted by atomic mass is 16.7. The van der Waals surface area contributed by atoms with Gasteiger partial charge in [0.25, 0.3) is 5.91 Å². The van der Waals surface area contributed by atoms with Crippen molar-refractivity contribution in [1.29, 1.82) is 0 Å². The van der Waals surface area contributed by atoms with Crippen LogP contribution in [0.5, 0.6) is 5.75 Å². The van der Waals surface area contributed by atoms with Gasteiger partial charge in [0.2, 0.25) is 11.8 Å². The predicted molar refractivity (Wildman–Crippen MR) is 223 cm³/mol. The van der Waals surface area contributed by atoms with Crippen molar-refractivity contribution < 1.29 is 24.0 Å². The van der Waals surface area contributed by atoms with Crippen LogP contribution < -0.4 is 15.4 Å². The number of carbonyl (C=O) groups excluding carboxylic acids is 3. The smallest absolute Gasteiger partial charge is 0.268 e. The SMILES string of the molecule is COc1ccc2cc([C@H](C)C(=O)N[C@@H](CC(C)C)C(=O)N[C@@H](Cc3cn(C(c4ccccc4)(c4ccccc4)c4ccccc4)cn3)C(=O)N(C)OC)ccc2c1. The summed E-state index contributed by atoms with van der Waals surface area (Å²) in [6, 6.07) is 40.4. The Kier molecular flexibility index (Phi) is 12.8. The lowest BCUT2D eigenvalue weighted by Gasteiger charge is -2.37. The zero-order chi connectivity index (χ0) is 40.5. The molecule has 0 aliphatic carbocycles. The lowest BCUT2D eigenvalue weighted by molar-refractivity contribution is -0.171. The number of ether oxygens (including phenoxy) is 1. The molecule has 0 aliphatic heterocycles. The summed E-state index contributed by atoms with van der Waals surface area (Å²) in [5.41, 5.74) is 3.67. The molecule has 3 atom stereocenters. The minimum atomic E-state index is -1.05. The Bertz CT molecular complexity index is 2180. The van der Waals surface area contributed by atoms with Gasteiger partial charge in [-0.1, -0.05) is 129 Å². The Morgan fingerprint density at radius 3 is 1.81 bits per heavy atom. The quantitative estimate of drug-likeness (QED) is 0.0792. The van der Waals surface area contributed by atoms with E-state index in [-0.39, 0.29) is 18.2 Å². The standard InChI is InChI=1S/C47H51N5O5/c1-32(2)26-42(49-44(53)33(3)34-22-23-36-28-41(56-5)25-24-35(36)27-34)45(54)50-43(46(55)51(4)57-6)29-40-30-52(31-48-40)47(37-16-10-7-11-17-37,38-18-12-8-13-19-38)39-20-14-9-15-21-39/h7-25,27-28,30-33,42-43H,26,29H2,1-6H3,(H,49,53)(H,50,54)/t33-,42-,43-/m0/s1. The van der Waals surface area contributed by atoms with Crippen LogP contribution in [0, 0.1) is 5.92 Å². The summed E-state index contributed by atoms with van der Waals surface area (Å²) in [5, 5.41) is 9.02. The molecule has 0 saturated carbocycles. The van der Waals surface area contributed by atoms with Crippen molar-refractivity contribution >= 4 is 28.5 Å². The molecule has 6 rings (SSSR count). The number of hydroxylamine groups is 2. The molecule has 1 aromatic heterocycles. The molecule has 10 nitrogen and oxygen atoms in total. The molecule has 3 amide bonds. The number of imidazole rings is 1. The third-order valence-corrected chi connectivity index (χ3v) is 10.5. The maximum absolute atomic E-state index is 14.2. The van der Waals surface area contributed by atoms with Crippen molar-refractivity contribution in [3.63, 3.8) is 0 Å². The Morgan fingerprint density at radius 1 is 0.719 bits per heavy atom. The van der Waals surface area contributed by atoms with E-state index in [0.29, 0.717) is 12.1 Å². The molecule has 6 aromatic rings. The molecule has 57 heavy (non-hydrogen) atoms. The van der Waals surface area contributed by atoms with Gasteiger partial charge in [-0.25, -0.2) is 10.0 Å². The van der Waals surface area contributed by atoms with Crippen LogP contribution in [0.15, 0.2) is 140 Å². The number of likely N-dealkylation sites (N-methyl/N-ethyl adjacent to an activating group) is 1. The number of rotatable bonds is 16. The summed E-state index contributed by atoms with van der Waals surface area (Å²) in [4.78, 5) is 51.9. The Morgan fingerprint density at radius 2 is 1.26 bits per heavy atom. The number of fused-ring (bicyclic) bond motifs is 1. The molecule has 0 spiro atoms. The van der Waals surface area contributed by atoms with E-state index < -0.39 is 35.4 Å². The number of amides is 3. The first-order valence-corrected chi connectivity index (χ1v) is 19.2. The predicted octanol–water partition coefficient (Wildman–Crippen LogP) is 7.27. The van der Waals surface area contributed by atoms with E-state index in [1.807, 2.05) is 118 Å². The normalized spacial score (nSPS) is 13.1. The molecule has 2 N–H and O–H groups in total. The van der Waals surface area contributed by atoms with Gasteiger partial charge >= 0.3 is 0 Å². The minimum absolute atomic E-state index is 0.0698. The Labute approximate surface area is 334 Å². The van der Waals surface area contributed by atoms with Gasteiger partial charge in [-0.15, -0.1) is 0 Å². The van der Waals surface area contributed by atoms with Gasteiger partial charge in [-0.3, -0.25) is 19.2 Å². The van der Waals surface area contributed by atoms with Gasteiger partial charge in [-0.05, 0) is 64.4 Å². The van der Waals surface area contributed by atoms with Crippen LogP contribution >= 0.6 is 0 Å². The average molecular weight is 766 g/mol. The number of nitrogens with one attached hydrogen (secondary N) is 2. The van der Waals surface area contributed by atoms with Gasteiger partial charge in [0, 0.05) is 19.7 Å². The van der Waals surface area contributed by atoms with Crippen LogP contribution in [0.3, 0.4) is 0 Å². The van der Waals surface area contributed by atoms with Crippen LogP contribution in [0.4, 0.5) is 0 Å². The first kappa shape index (κ1) is 40.4. The third kappa shape index (κ3) is 8.92. The number of benzene rings is 5. The van der Waals surface area contributed by atoms with E-state index in [9.17, 15) is 14.4 Å². The zero-order valence-corrected chi connectivity index (χ0v) is 33.4. The fourth-order valence-electron chi connectivity index (χ4n) is 7.42. The molecule has 0 bridgehead atoms. The second kappa shape index (κ2) is 18.1. The maximum atomic E-state index is 14.2. The van der Waals surface area contributed by atoms with E-state index in [4.69, 9.17) is 14.6 Å². The highest BCUT2D eigenvalue weighted by Gasteiger charge is 2.39. The van der Waals surface area contributed by atoms with Crippen molar-refractivity contribution in [2.75, 3.05) is 21.3 Å². The number of aromatic nitrogens is 2. The molecular weight excluding hydrogens is 715 g/mol. The lowest BCUT2D eigenvalue weighted by Crippen LogP contribution is -2.55. The molecule has 10 heteroatoms. The van der Waals surface area contributed by atoms with E-state index in [0.717, 1.165) is 43.8 Å². The van der Waals surface area contributed by atoms with Gasteiger partial charge < -0.3 is 19.9 Å². The Balaban J connectivity index is 1.29. The first-order valence-electron chi connectivity index (χ1n) is 19.2. The number of hydrogen-bond acceptors (Lipinski definition) is 6. The fourth-order valence-corrected chi connectivity index (χ4v) is 7.42. The zero-order valence-electron chi connectivity index (χ0n) is 33.4. The lowest BCUT2D eigenvalue weighted by atomic mass is 9.77. The summed E-state index contributed by atoms with van der Waals surface area (Å²) in [6.07, 6.45) is 4.14. The summed E-state index contributed by atoms with van der Waals surface area (Å²) in [5.74, 6) is -0.941. The molecule has 1 heterocycles. The summed E-state index contributed by atoms with van der Waals surface area (Å²) < 4.78 is 7.43. The number of hydrogen-bond donors (Lipinski definition) is 2. The fraction of sp³-hybridized carbons (Fsp3) is 0.277. The molecule has 0 aliphatic rings. The third-order valence-electron chi connectivity index (χ3n) is 10.5. The van der Waals surface area contributed by atoms with E-state index in [1.54, 1.807) is 13.4 Å². The second-order valence-corrected chi connectivity index (χ2v) is 14.7. The highest BCUT2D eigenvalue weighted by Crippen LogP contribution is 2.41. The highest BCUT2D eigenvalue weighted by molar-refractivity contribution is 5.94. The molecule has 0 fully saturated rings. The summed E-state index contributed by atoms with van der Waals surface area (Å²) >= 11 is 0. The van der Waals surface area contributed by atoms with E-state index >= 15 is 0 Å². The Hall–Kier alpha value is -6.26. The van der Waals surface area contributed by atoms with Gasteiger partial charge in [-0.2, -0.15) is 0 Å². The van der Waals surface area contributed by atoms with Crippen LogP contribution in [0.1, 0.15) is 61.1 Å².